The second-order valence-corrected chi connectivity index (χ2v) is 20.2. The minimum Gasteiger partial charge on any atom is -0.872 e. The first-order valence-corrected chi connectivity index (χ1v) is 22.5. The second kappa shape index (κ2) is 37.5. The topological polar surface area (TPSA) is 184 Å². The summed E-state index contributed by atoms with van der Waals surface area (Å²) in [5.41, 5.74) is 6.22. The molecule has 0 atom stereocenters. The zero-order chi connectivity index (χ0) is 51.4. The van der Waals surface area contributed by atoms with Crippen LogP contribution in [0.2, 0.25) is 0 Å². The molecule has 0 N–H and O–H groups in total. The molecule has 0 amide bonds. The molecule has 4 aromatic rings. The fraction of sp³-hybridized carbons (Fsp3) is 0.571. The van der Waals surface area contributed by atoms with Crippen LogP contribution >= 0.6 is 0 Å². The SMILES string of the molecule is CC(C)(C)c1cc(C(C)(C)c2ccccc2)ccc1[O-].CC(C)(C)c1cc(C(C)(C)c2ccccc2)ccc1[O-].CC(C)[O-].CC(C)[O-].CC(C)[O-].CC(C)[O-].CC(C)[O-].CC(C)[O-].[Ti+4].[Ti+4]. The van der Waals surface area contributed by atoms with Gasteiger partial charge in [-0.25, -0.2) is 0 Å². The van der Waals surface area contributed by atoms with Crippen LogP contribution in [0.5, 0.6) is 11.5 Å². The molecular formula is C56H88O8Ti2. The Morgan fingerprint density at radius 2 is 0.485 bits per heavy atom. The predicted molar refractivity (Wildman–Crippen MR) is 257 cm³/mol. The van der Waals surface area contributed by atoms with Crippen molar-refractivity contribution in [2.75, 3.05) is 0 Å². The molecule has 0 aliphatic heterocycles. The van der Waals surface area contributed by atoms with Crippen LogP contribution in [0.1, 0.15) is 186 Å². The molecule has 368 valence electrons. The number of hydrogen-bond donors (Lipinski definition) is 0. The molecule has 0 heterocycles. The van der Waals surface area contributed by atoms with Crippen molar-refractivity contribution in [2.45, 2.75) is 211 Å². The first kappa shape index (κ1) is 75.2. The third-order valence-electron chi connectivity index (χ3n) is 8.01. The van der Waals surface area contributed by atoms with E-state index in [1.54, 1.807) is 95.2 Å². The van der Waals surface area contributed by atoms with E-state index < -0.39 is 36.6 Å². The Labute approximate surface area is 434 Å². The Balaban J connectivity index is -0.000000181. The molecule has 0 saturated heterocycles. The second-order valence-electron chi connectivity index (χ2n) is 20.2. The molecule has 0 aliphatic rings. The maximum atomic E-state index is 12.1. The average molecular weight is 985 g/mol. The van der Waals surface area contributed by atoms with Gasteiger partial charge in [0.25, 0.3) is 0 Å². The summed E-state index contributed by atoms with van der Waals surface area (Å²) in [6.07, 6.45) is -2.50. The van der Waals surface area contributed by atoms with Crippen LogP contribution in [0.3, 0.4) is 0 Å². The minimum atomic E-state index is -0.417. The van der Waals surface area contributed by atoms with E-state index in [-0.39, 0.29) is 76.6 Å². The van der Waals surface area contributed by atoms with Crippen molar-refractivity contribution in [3.63, 3.8) is 0 Å². The summed E-state index contributed by atoms with van der Waals surface area (Å²) in [7, 11) is 0. The van der Waals surface area contributed by atoms with Gasteiger partial charge in [0, 0.05) is 10.8 Å². The molecule has 10 heteroatoms. The summed E-state index contributed by atoms with van der Waals surface area (Å²) in [4.78, 5) is 0. The fourth-order valence-electron chi connectivity index (χ4n) is 5.05. The monoisotopic (exact) mass is 985 g/mol. The Morgan fingerprint density at radius 1 is 0.303 bits per heavy atom. The number of rotatable bonds is 4. The first-order valence-electron chi connectivity index (χ1n) is 22.5. The maximum Gasteiger partial charge on any atom is 4.00 e. The van der Waals surface area contributed by atoms with Crippen molar-refractivity contribution in [1.29, 1.82) is 0 Å². The van der Waals surface area contributed by atoms with Crippen LogP contribution in [-0.4, -0.2) is 36.6 Å². The molecule has 0 radical (unpaired) electrons. The molecule has 66 heavy (non-hydrogen) atoms. The first-order chi connectivity index (χ1) is 28.8. The van der Waals surface area contributed by atoms with Crippen LogP contribution in [0.25, 0.3) is 0 Å². The summed E-state index contributed by atoms with van der Waals surface area (Å²) < 4.78 is 0. The van der Waals surface area contributed by atoms with E-state index >= 15 is 0 Å². The molecule has 4 aromatic carbocycles. The standard InChI is InChI=1S/2C19H24O.6C3H7O.2Ti/c2*1-18(2,3)16-13-15(11-12-17(16)20)19(4,5)14-9-7-6-8-10-14;6*1-3(2)4;;/h2*6-13,20H,1-5H3;6*3H,1-2H3;;/q;;6*-1;2*+4/p-2. The van der Waals surface area contributed by atoms with Gasteiger partial charge in [-0.1, -0.05) is 261 Å². The van der Waals surface area contributed by atoms with E-state index in [4.69, 9.17) is 0 Å². The molecule has 0 aromatic heterocycles. The van der Waals surface area contributed by atoms with E-state index in [1.165, 1.54) is 22.3 Å². The quantitative estimate of drug-likeness (QED) is 0.191. The third-order valence-corrected chi connectivity index (χ3v) is 8.01. The molecule has 4 rings (SSSR count). The molecule has 0 saturated carbocycles. The summed E-state index contributed by atoms with van der Waals surface area (Å²) in [5, 5.41) is 81.3. The van der Waals surface area contributed by atoms with Crippen LogP contribution in [0, 0.1) is 0 Å². The van der Waals surface area contributed by atoms with Crippen molar-refractivity contribution in [3.8, 4) is 11.5 Å². The van der Waals surface area contributed by atoms with Gasteiger partial charge in [0.15, 0.2) is 0 Å². The van der Waals surface area contributed by atoms with Crippen molar-refractivity contribution in [2.24, 2.45) is 0 Å². The molecular weight excluding hydrogens is 896 g/mol. The van der Waals surface area contributed by atoms with Gasteiger partial charge in [-0.05, 0) is 33.1 Å². The van der Waals surface area contributed by atoms with E-state index in [9.17, 15) is 40.9 Å². The Kier molecular flexibility index (Phi) is 42.8. The summed E-state index contributed by atoms with van der Waals surface area (Å²) in [6, 6.07) is 32.4. The van der Waals surface area contributed by atoms with Crippen LogP contribution in [0.15, 0.2) is 97.1 Å². The number of benzene rings is 4. The average Bonchev–Trinajstić information content (AvgIpc) is 3.10. The Morgan fingerprint density at radius 3 is 0.652 bits per heavy atom. The smallest absolute Gasteiger partial charge is 0.872 e. The summed E-state index contributed by atoms with van der Waals surface area (Å²) in [5.74, 6) is 0.259. The minimum absolute atomic E-state index is 0. The van der Waals surface area contributed by atoms with Crippen molar-refractivity contribution >= 4 is 0 Å². The van der Waals surface area contributed by atoms with Crippen LogP contribution in [0.4, 0.5) is 0 Å². The van der Waals surface area contributed by atoms with E-state index in [1.807, 2.05) is 24.3 Å². The van der Waals surface area contributed by atoms with Crippen LogP contribution in [-0.2, 0) is 65.1 Å². The van der Waals surface area contributed by atoms with Crippen molar-refractivity contribution in [3.05, 3.63) is 130 Å². The fourth-order valence-corrected chi connectivity index (χ4v) is 5.05. The molecule has 0 spiro atoms. The summed E-state index contributed by atoms with van der Waals surface area (Å²) in [6.45, 7) is 40.7. The molecule has 0 bridgehead atoms. The van der Waals surface area contributed by atoms with Gasteiger partial charge in [0.2, 0.25) is 0 Å². The molecule has 0 fully saturated rings. The van der Waals surface area contributed by atoms with Crippen LogP contribution < -0.4 is 40.9 Å². The van der Waals surface area contributed by atoms with Gasteiger partial charge in [-0.3, -0.25) is 0 Å². The largest absolute Gasteiger partial charge is 4.00 e. The Bertz CT molecular complexity index is 1550. The van der Waals surface area contributed by atoms with Gasteiger partial charge >= 0.3 is 43.4 Å². The molecule has 0 unspecified atom stereocenters. The van der Waals surface area contributed by atoms with Crippen molar-refractivity contribution in [1.82, 2.24) is 0 Å². The maximum absolute atomic E-state index is 12.1. The van der Waals surface area contributed by atoms with E-state index in [0.717, 1.165) is 11.1 Å². The van der Waals surface area contributed by atoms with Gasteiger partial charge in [-0.2, -0.15) is 0 Å². The predicted octanol–water partition coefficient (Wildman–Crippen LogP) is 7.29. The van der Waals surface area contributed by atoms with Gasteiger partial charge < -0.3 is 40.9 Å². The van der Waals surface area contributed by atoms with Gasteiger partial charge in [0.05, 0.1) is 0 Å². The third kappa shape index (κ3) is 39.6. The van der Waals surface area contributed by atoms with E-state index in [2.05, 4.69) is 130 Å². The normalized spacial score (nSPS) is 10.8. The zero-order valence-electron chi connectivity index (χ0n) is 45.0. The van der Waals surface area contributed by atoms with Gasteiger partial charge in [-0.15, -0.1) is 48.1 Å². The van der Waals surface area contributed by atoms with E-state index in [0.29, 0.717) is 0 Å². The zero-order valence-corrected chi connectivity index (χ0v) is 48.1. The van der Waals surface area contributed by atoms with Crippen molar-refractivity contribution < 1.29 is 84.3 Å². The Hall–Kier alpha value is -2.33. The molecule has 8 nitrogen and oxygen atoms in total. The summed E-state index contributed by atoms with van der Waals surface area (Å²) >= 11 is 0. The molecule has 0 aliphatic carbocycles. The van der Waals surface area contributed by atoms with Gasteiger partial charge in [0.1, 0.15) is 0 Å². The number of hydrogen-bond acceptors (Lipinski definition) is 8.